The van der Waals surface area contributed by atoms with Crippen molar-refractivity contribution in [1.29, 1.82) is 0 Å². The molecule has 5 nitrogen and oxygen atoms in total. The van der Waals surface area contributed by atoms with Gasteiger partial charge in [0, 0.05) is 10.4 Å². The molecule has 0 saturated carbocycles. The van der Waals surface area contributed by atoms with Crippen LogP contribution in [0.1, 0.15) is 29.0 Å². The fourth-order valence-corrected chi connectivity index (χ4v) is 4.29. The van der Waals surface area contributed by atoms with Gasteiger partial charge in [0.05, 0.1) is 12.6 Å². The molecule has 3 rings (SSSR count). The summed E-state index contributed by atoms with van der Waals surface area (Å²) in [4.78, 5) is 25.2. The van der Waals surface area contributed by atoms with Crippen LogP contribution in [0.5, 0.6) is 0 Å². The summed E-state index contributed by atoms with van der Waals surface area (Å²) >= 11 is 2.86. The van der Waals surface area contributed by atoms with Crippen LogP contribution in [0.3, 0.4) is 0 Å². The minimum absolute atomic E-state index is 0.0871. The third-order valence-corrected chi connectivity index (χ3v) is 5.99. The SMILES string of the molecule is CC(NC(=O)C(=O)NCC(O)(c1ccsc1)c1cccs1)c1ccccc1. The predicted molar refractivity (Wildman–Crippen MR) is 108 cm³/mol. The average Bonchev–Trinajstić information content (AvgIpc) is 3.40. The first kappa shape index (κ1) is 19.3. The number of rotatable bonds is 6. The highest BCUT2D eigenvalue weighted by Gasteiger charge is 2.34. The van der Waals surface area contributed by atoms with Crippen molar-refractivity contribution in [1.82, 2.24) is 10.6 Å². The normalized spacial score (nSPS) is 14.1. The van der Waals surface area contributed by atoms with Gasteiger partial charge in [-0.15, -0.1) is 11.3 Å². The molecular formula is C20H20N2O3S2. The van der Waals surface area contributed by atoms with Gasteiger partial charge in [-0.05, 0) is 40.8 Å². The Balaban J connectivity index is 1.65. The number of aliphatic hydroxyl groups is 1. The van der Waals surface area contributed by atoms with Crippen molar-refractivity contribution in [2.24, 2.45) is 0 Å². The minimum Gasteiger partial charge on any atom is -0.378 e. The van der Waals surface area contributed by atoms with Crippen molar-refractivity contribution in [3.63, 3.8) is 0 Å². The molecule has 0 aliphatic rings. The maximum atomic E-state index is 12.3. The van der Waals surface area contributed by atoms with E-state index in [1.54, 1.807) is 0 Å². The second kappa shape index (κ2) is 8.47. The number of benzene rings is 1. The van der Waals surface area contributed by atoms with Crippen molar-refractivity contribution in [3.05, 3.63) is 80.7 Å². The highest BCUT2D eigenvalue weighted by Crippen LogP contribution is 2.33. The zero-order chi connectivity index (χ0) is 19.3. The molecule has 0 saturated heterocycles. The number of hydrogen-bond acceptors (Lipinski definition) is 5. The lowest BCUT2D eigenvalue weighted by Gasteiger charge is -2.27. The third-order valence-electron chi connectivity index (χ3n) is 4.29. The van der Waals surface area contributed by atoms with E-state index in [9.17, 15) is 14.7 Å². The van der Waals surface area contributed by atoms with Crippen LogP contribution in [0, 0.1) is 0 Å². The molecule has 0 spiro atoms. The summed E-state index contributed by atoms with van der Waals surface area (Å²) in [5.41, 5.74) is 0.232. The zero-order valence-corrected chi connectivity index (χ0v) is 16.3. The highest BCUT2D eigenvalue weighted by molar-refractivity contribution is 7.10. The first-order valence-electron chi connectivity index (χ1n) is 8.43. The molecule has 0 radical (unpaired) electrons. The van der Waals surface area contributed by atoms with E-state index in [1.807, 2.05) is 71.6 Å². The highest BCUT2D eigenvalue weighted by atomic mass is 32.1. The van der Waals surface area contributed by atoms with Gasteiger partial charge < -0.3 is 15.7 Å². The Bertz CT molecular complexity index is 843. The second-order valence-electron chi connectivity index (χ2n) is 6.14. The van der Waals surface area contributed by atoms with E-state index in [-0.39, 0.29) is 12.6 Å². The van der Waals surface area contributed by atoms with Gasteiger partial charge in [-0.2, -0.15) is 11.3 Å². The summed E-state index contributed by atoms with van der Waals surface area (Å²) in [6.07, 6.45) is 0. The van der Waals surface area contributed by atoms with E-state index in [2.05, 4.69) is 10.6 Å². The Kier molecular flexibility index (Phi) is 6.05. The fourth-order valence-electron chi connectivity index (χ4n) is 2.72. The van der Waals surface area contributed by atoms with Crippen LogP contribution in [0.25, 0.3) is 0 Å². The number of carbonyl (C=O) groups excluding carboxylic acids is 2. The fraction of sp³-hybridized carbons (Fsp3) is 0.200. The molecule has 0 aliphatic heterocycles. The van der Waals surface area contributed by atoms with Gasteiger partial charge >= 0.3 is 11.8 Å². The number of amides is 2. The van der Waals surface area contributed by atoms with E-state index in [1.165, 1.54) is 22.7 Å². The van der Waals surface area contributed by atoms with Crippen LogP contribution < -0.4 is 10.6 Å². The van der Waals surface area contributed by atoms with E-state index < -0.39 is 17.4 Å². The second-order valence-corrected chi connectivity index (χ2v) is 7.87. The first-order chi connectivity index (χ1) is 13.0. The molecule has 0 bridgehead atoms. The van der Waals surface area contributed by atoms with Crippen molar-refractivity contribution < 1.29 is 14.7 Å². The Morgan fingerprint density at radius 2 is 1.85 bits per heavy atom. The molecule has 1 aromatic carbocycles. The van der Waals surface area contributed by atoms with Crippen molar-refractivity contribution in [2.45, 2.75) is 18.6 Å². The first-order valence-corrected chi connectivity index (χ1v) is 10.3. The summed E-state index contributed by atoms with van der Waals surface area (Å²) in [6.45, 7) is 1.73. The topological polar surface area (TPSA) is 78.4 Å². The molecule has 0 aliphatic carbocycles. The molecule has 3 N–H and O–H groups in total. The van der Waals surface area contributed by atoms with Gasteiger partial charge in [0.25, 0.3) is 0 Å². The average molecular weight is 401 g/mol. The molecule has 2 amide bonds. The predicted octanol–water partition coefficient (Wildman–Crippen LogP) is 3.04. The quantitative estimate of drug-likeness (QED) is 0.557. The Labute approximate surface area is 165 Å². The van der Waals surface area contributed by atoms with E-state index in [0.29, 0.717) is 10.4 Å². The van der Waals surface area contributed by atoms with E-state index >= 15 is 0 Å². The molecule has 7 heteroatoms. The minimum atomic E-state index is -1.37. The van der Waals surface area contributed by atoms with Crippen molar-refractivity contribution >= 4 is 34.5 Å². The maximum Gasteiger partial charge on any atom is 0.309 e. The standard InChI is InChI=1S/C20H20N2O3S2/c1-14(15-6-3-2-4-7-15)22-19(24)18(23)21-13-20(25,16-9-11-26-12-16)17-8-5-10-27-17/h2-12,14,25H,13H2,1H3,(H,21,23)(H,22,24). The number of hydrogen-bond donors (Lipinski definition) is 3. The van der Waals surface area contributed by atoms with E-state index in [4.69, 9.17) is 0 Å². The molecule has 0 fully saturated rings. The summed E-state index contributed by atoms with van der Waals surface area (Å²) < 4.78 is 0. The lowest BCUT2D eigenvalue weighted by atomic mass is 9.94. The van der Waals surface area contributed by atoms with Gasteiger partial charge in [-0.25, -0.2) is 0 Å². The lowest BCUT2D eigenvalue weighted by Crippen LogP contribution is -2.46. The van der Waals surface area contributed by atoms with Crippen LogP contribution in [-0.4, -0.2) is 23.5 Å². The Morgan fingerprint density at radius 3 is 2.48 bits per heavy atom. The molecule has 140 valence electrons. The van der Waals surface area contributed by atoms with Gasteiger partial charge in [-0.1, -0.05) is 36.4 Å². The molecule has 2 aromatic heterocycles. The maximum absolute atomic E-state index is 12.3. The summed E-state index contributed by atoms with van der Waals surface area (Å²) in [5.74, 6) is -1.51. The summed E-state index contributed by atoms with van der Waals surface area (Å²) in [7, 11) is 0. The van der Waals surface area contributed by atoms with Crippen LogP contribution in [-0.2, 0) is 15.2 Å². The van der Waals surface area contributed by atoms with Crippen LogP contribution in [0.4, 0.5) is 0 Å². The Hall–Kier alpha value is -2.48. The smallest absolute Gasteiger partial charge is 0.309 e. The molecular weight excluding hydrogens is 380 g/mol. The Morgan fingerprint density at radius 1 is 1.07 bits per heavy atom. The summed E-state index contributed by atoms with van der Waals surface area (Å²) in [5, 5.41) is 22.0. The van der Waals surface area contributed by atoms with Crippen molar-refractivity contribution in [3.8, 4) is 0 Å². The largest absolute Gasteiger partial charge is 0.378 e. The summed E-state index contributed by atoms with van der Waals surface area (Å²) in [6, 6.07) is 14.6. The third kappa shape index (κ3) is 4.44. The zero-order valence-electron chi connectivity index (χ0n) is 14.7. The van der Waals surface area contributed by atoms with Crippen LogP contribution in [0.15, 0.2) is 64.7 Å². The number of nitrogens with one attached hydrogen (secondary N) is 2. The molecule has 3 aromatic rings. The molecule has 2 unspecified atom stereocenters. The molecule has 2 atom stereocenters. The van der Waals surface area contributed by atoms with Crippen LogP contribution >= 0.6 is 22.7 Å². The van der Waals surface area contributed by atoms with Gasteiger partial charge in [0.15, 0.2) is 0 Å². The van der Waals surface area contributed by atoms with Gasteiger partial charge in [-0.3, -0.25) is 9.59 Å². The van der Waals surface area contributed by atoms with E-state index in [0.717, 1.165) is 5.56 Å². The van der Waals surface area contributed by atoms with Crippen LogP contribution in [0.2, 0.25) is 0 Å². The number of carbonyl (C=O) groups is 2. The van der Waals surface area contributed by atoms with Gasteiger partial charge in [0.1, 0.15) is 5.60 Å². The lowest BCUT2D eigenvalue weighted by molar-refractivity contribution is -0.140. The monoisotopic (exact) mass is 400 g/mol. The van der Waals surface area contributed by atoms with Gasteiger partial charge in [0.2, 0.25) is 0 Å². The van der Waals surface area contributed by atoms with Crippen molar-refractivity contribution in [2.75, 3.05) is 6.54 Å². The molecule has 27 heavy (non-hydrogen) atoms. The number of thiophene rings is 2. The molecule has 2 heterocycles.